The van der Waals surface area contributed by atoms with Gasteiger partial charge in [0.25, 0.3) is 0 Å². The van der Waals surface area contributed by atoms with Crippen molar-refractivity contribution in [1.29, 1.82) is 0 Å². The fraction of sp³-hybridized carbons (Fsp3) is 0.588. The Morgan fingerprint density at radius 2 is 1.80 bits per heavy atom. The highest BCUT2D eigenvalue weighted by molar-refractivity contribution is 14.0. The lowest BCUT2D eigenvalue weighted by Gasteiger charge is -2.21. The van der Waals surface area contributed by atoms with Crippen molar-refractivity contribution in [3.05, 3.63) is 35.4 Å². The van der Waals surface area contributed by atoms with Crippen LogP contribution in [0.25, 0.3) is 0 Å². The van der Waals surface area contributed by atoms with Crippen LogP contribution in [0.1, 0.15) is 37.8 Å². The fourth-order valence-electron chi connectivity index (χ4n) is 2.91. The monoisotopic (exact) mass is 480 g/mol. The van der Waals surface area contributed by atoms with Crippen LogP contribution >= 0.6 is 24.0 Å². The van der Waals surface area contributed by atoms with Crippen LogP contribution in [0.2, 0.25) is 0 Å². The Bertz CT molecular complexity index is 671. The zero-order valence-corrected chi connectivity index (χ0v) is 18.3. The summed E-state index contributed by atoms with van der Waals surface area (Å²) in [5.74, 6) is 0.871. The largest absolute Gasteiger partial charge is 0.352 e. The molecule has 0 aliphatic carbocycles. The van der Waals surface area contributed by atoms with Gasteiger partial charge in [-0.15, -0.1) is 24.0 Å². The number of aliphatic imine (C=N–C) groups is 1. The van der Waals surface area contributed by atoms with Gasteiger partial charge in [-0.1, -0.05) is 24.3 Å². The summed E-state index contributed by atoms with van der Waals surface area (Å²) < 4.78 is 27.0. The maximum Gasteiger partial charge on any atom is 0.216 e. The molecule has 1 aromatic carbocycles. The van der Waals surface area contributed by atoms with E-state index in [1.807, 2.05) is 38.1 Å². The Morgan fingerprint density at radius 3 is 2.36 bits per heavy atom. The molecular weight excluding hydrogens is 451 g/mol. The Balaban J connectivity index is 0.00000312. The van der Waals surface area contributed by atoms with E-state index in [1.165, 1.54) is 12.8 Å². The molecule has 0 atom stereocenters. The van der Waals surface area contributed by atoms with E-state index in [1.54, 1.807) is 7.05 Å². The van der Waals surface area contributed by atoms with E-state index in [0.29, 0.717) is 6.54 Å². The first-order valence-corrected chi connectivity index (χ1v) is 10.1. The van der Waals surface area contributed by atoms with E-state index in [0.717, 1.165) is 30.2 Å². The van der Waals surface area contributed by atoms with E-state index < -0.39 is 10.0 Å². The van der Waals surface area contributed by atoms with Gasteiger partial charge in [0.05, 0.1) is 5.75 Å². The first kappa shape index (κ1) is 22.2. The van der Waals surface area contributed by atoms with Crippen LogP contribution < -0.4 is 10.0 Å². The highest BCUT2D eigenvalue weighted by Crippen LogP contribution is 2.13. The molecule has 1 aromatic rings. The summed E-state index contributed by atoms with van der Waals surface area (Å²) in [5, 5.41) is 3.36. The van der Waals surface area contributed by atoms with Gasteiger partial charge in [0.2, 0.25) is 10.0 Å². The van der Waals surface area contributed by atoms with Crippen molar-refractivity contribution in [2.75, 3.05) is 20.1 Å². The maximum absolute atomic E-state index is 12.2. The molecule has 142 valence electrons. The molecule has 1 saturated heterocycles. The second-order valence-electron chi connectivity index (χ2n) is 6.40. The van der Waals surface area contributed by atoms with Crippen LogP contribution in [-0.4, -0.2) is 45.5 Å². The average molecular weight is 480 g/mol. The predicted octanol–water partition coefficient (Wildman–Crippen LogP) is 2.30. The summed E-state index contributed by atoms with van der Waals surface area (Å²) in [6, 6.07) is 7.54. The van der Waals surface area contributed by atoms with E-state index in [2.05, 4.69) is 19.9 Å². The lowest BCUT2D eigenvalue weighted by Crippen LogP contribution is -2.39. The van der Waals surface area contributed by atoms with Gasteiger partial charge in [-0.25, -0.2) is 13.1 Å². The first-order chi connectivity index (χ1) is 11.4. The Hall–Kier alpha value is -0.870. The molecule has 1 heterocycles. The van der Waals surface area contributed by atoms with E-state index in [9.17, 15) is 8.42 Å². The predicted molar refractivity (Wildman–Crippen MR) is 114 cm³/mol. The third-order valence-corrected chi connectivity index (χ3v) is 5.46. The van der Waals surface area contributed by atoms with Gasteiger partial charge >= 0.3 is 0 Å². The molecule has 0 amide bonds. The van der Waals surface area contributed by atoms with Crippen LogP contribution in [0.5, 0.6) is 0 Å². The standard InChI is InChI=1S/C17H28N4O2S.HI/c1-14(2)20-24(22,23)13-16-9-5-4-8-15(16)12-19-17(18-3)21-10-6-7-11-21;/h4-5,8-9,14,20H,6-7,10-13H2,1-3H3,(H,18,19);1H. The third kappa shape index (κ3) is 7.10. The SMILES string of the molecule is CN=C(NCc1ccccc1CS(=O)(=O)NC(C)C)N1CCCC1.I. The average Bonchev–Trinajstić information content (AvgIpc) is 3.02. The number of nitrogens with one attached hydrogen (secondary N) is 2. The fourth-order valence-corrected chi connectivity index (χ4v) is 4.40. The number of hydrogen-bond acceptors (Lipinski definition) is 3. The summed E-state index contributed by atoms with van der Waals surface area (Å²) in [6.07, 6.45) is 2.38. The summed E-state index contributed by atoms with van der Waals surface area (Å²) in [5.41, 5.74) is 1.79. The lowest BCUT2D eigenvalue weighted by molar-refractivity contribution is 0.493. The van der Waals surface area contributed by atoms with Crippen molar-refractivity contribution in [3.8, 4) is 0 Å². The number of hydrogen-bond donors (Lipinski definition) is 2. The Labute approximate surface area is 168 Å². The summed E-state index contributed by atoms with van der Waals surface area (Å²) >= 11 is 0. The van der Waals surface area contributed by atoms with Gasteiger partial charge in [0.1, 0.15) is 0 Å². The minimum absolute atomic E-state index is 0. The molecule has 0 saturated carbocycles. The number of nitrogens with zero attached hydrogens (tertiary/aromatic N) is 2. The molecule has 0 radical (unpaired) electrons. The quantitative estimate of drug-likeness (QED) is 0.373. The molecule has 1 aliphatic rings. The van der Waals surface area contributed by atoms with Crippen molar-refractivity contribution in [2.24, 2.45) is 4.99 Å². The van der Waals surface area contributed by atoms with Crippen molar-refractivity contribution in [3.63, 3.8) is 0 Å². The van der Waals surface area contributed by atoms with Gasteiger partial charge in [-0.05, 0) is 37.8 Å². The Kier molecular flexibility index (Phi) is 9.15. The molecule has 2 N–H and O–H groups in total. The second kappa shape index (κ2) is 10.3. The maximum atomic E-state index is 12.2. The summed E-state index contributed by atoms with van der Waals surface area (Å²) in [7, 11) is -1.55. The molecule has 6 nitrogen and oxygen atoms in total. The molecule has 0 aromatic heterocycles. The van der Waals surface area contributed by atoms with Crippen LogP contribution in [0, 0.1) is 0 Å². The molecule has 8 heteroatoms. The van der Waals surface area contributed by atoms with Crippen molar-refractivity contribution in [1.82, 2.24) is 14.9 Å². The van der Waals surface area contributed by atoms with Gasteiger partial charge in [-0.2, -0.15) is 0 Å². The van der Waals surface area contributed by atoms with E-state index in [-0.39, 0.29) is 35.8 Å². The molecule has 0 unspecified atom stereocenters. The zero-order valence-electron chi connectivity index (χ0n) is 15.2. The van der Waals surface area contributed by atoms with Crippen molar-refractivity contribution >= 4 is 40.0 Å². The van der Waals surface area contributed by atoms with Crippen LogP contribution in [0.3, 0.4) is 0 Å². The van der Waals surface area contributed by atoms with Crippen molar-refractivity contribution < 1.29 is 8.42 Å². The topological polar surface area (TPSA) is 73.8 Å². The Morgan fingerprint density at radius 1 is 1.20 bits per heavy atom. The lowest BCUT2D eigenvalue weighted by atomic mass is 10.1. The minimum atomic E-state index is -3.33. The molecule has 0 spiro atoms. The third-order valence-electron chi connectivity index (χ3n) is 3.93. The molecule has 0 bridgehead atoms. The second-order valence-corrected chi connectivity index (χ2v) is 8.15. The van der Waals surface area contributed by atoms with E-state index >= 15 is 0 Å². The normalized spacial score (nSPS) is 15.4. The van der Waals surface area contributed by atoms with Crippen LogP contribution in [-0.2, 0) is 22.3 Å². The molecule has 25 heavy (non-hydrogen) atoms. The van der Waals surface area contributed by atoms with E-state index in [4.69, 9.17) is 0 Å². The first-order valence-electron chi connectivity index (χ1n) is 8.43. The summed E-state index contributed by atoms with van der Waals surface area (Å²) in [4.78, 5) is 6.57. The summed E-state index contributed by atoms with van der Waals surface area (Å²) in [6.45, 7) is 6.26. The number of benzene rings is 1. The van der Waals surface area contributed by atoms with Crippen LogP contribution in [0.4, 0.5) is 0 Å². The van der Waals surface area contributed by atoms with Gasteiger partial charge in [-0.3, -0.25) is 4.99 Å². The van der Waals surface area contributed by atoms with Gasteiger partial charge < -0.3 is 10.2 Å². The smallest absolute Gasteiger partial charge is 0.216 e. The van der Waals surface area contributed by atoms with Gasteiger partial charge in [0.15, 0.2) is 5.96 Å². The number of rotatable bonds is 6. The number of likely N-dealkylation sites (tertiary alicyclic amines) is 1. The minimum Gasteiger partial charge on any atom is -0.352 e. The molecule has 1 fully saturated rings. The van der Waals surface area contributed by atoms with Gasteiger partial charge in [0, 0.05) is 32.7 Å². The zero-order chi connectivity index (χ0) is 17.6. The van der Waals surface area contributed by atoms with Crippen LogP contribution in [0.15, 0.2) is 29.3 Å². The number of guanidine groups is 1. The number of sulfonamides is 1. The van der Waals surface area contributed by atoms with Crippen molar-refractivity contribution in [2.45, 2.75) is 45.0 Å². The molecular formula is C17H29IN4O2S. The highest BCUT2D eigenvalue weighted by atomic mass is 127. The number of halogens is 1. The molecule has 1 aliphatic heterocycles. The highest BCUT2D eigenvalue weighted by Gasteiger charge is 2.17. The molecule has 2 rings (SSSR count).